The van der Waals surface area contributed by atoms with Crippen LogP contribution in [0.4, 0.5) is 0 Å². The fraction of sp³-hybridized carbons (Fsp3) is 0.500. The summed E-state index contributed by atoms with van der Waals surface area (Å²) in [6.45, 7) is 8.40. The van der Waals surface area contributed by atoms with E-state index in [0.717, 1.165) is 50.4 Å². The first kappa shape index (κ1) is 13.7. The zero-order valence-electron chi connectivity index (χ0n) is 10.6. The van der Waals surface area contributed by atoms with Gasteiger partial charge >= 0.3 is 0 Å². The maximum absolute atomic E-state index is 5.64. The molecule has 0 aliphatic carbocycles. The quantitative estimate of drug-likeness (QED) is 0.527. The molecule has 3 nitrogen and oxygen atoms in total. The topological polar surface area (TPSA) is 34.1 Å². The molecule has 0 spiro atoms. The lowest BCUT2D eigenvalue weighted by Crippen LogP contribution is -2.14. The van der Waals surface area contributed by atoms with Gasteiger partial charge in [0.1, 0.15) is 5.75 Å². The Labute approximate surface area is 104 Å². The maximum Gasteiger partial charge on any atom is 0.122 e. The number of pyridine rings is 1. The van der Waals surface area contributed by atoms with E-state index in [2.05, 4.69) is 23.8 Å². The van der Waals surface area contributed by atoms with Crippen LogP contribution in [-0.4, -0.2) is 18.1 Å². The van der Waals surface area contributed by atoms with Crippen LogP contribution in [0.2, 0.25) is 0 Å². The second-order valence-electron chi connectivity index (χ2n) is 3.94. The van der Waals surface area contributed by atoms with Gasteiger partial charge in [0.25, 0.3) is 0 Å². The Kier molecular flexibility index (Phi) is 7.07. The third kappa shape index (κ3) is 6.07. The average molecular weight is 234 g/mol. The van der Waals surface area contributed by atoms with Gasteiger partial charge in [0, 0.05) is 18.8 Å². The Balaban J connectivity index is 2.34. The predicted molar refractivity (Wildman–Crippen MR) is 71.2 cm³/mol. The summed E-state index contributed by atoms with van der Waals surface area (Å²) in [6.07, 6.45) is 6.85. The van der Waals surface area contributed by atoms with Crippen LogP contribution >= 0.6 is 0 Å². The van der Waals surface area contributed by atoms with Crippen molar-refractivity contribution in [3.63, 3.8) is 0 Å². The van der Waals surface area contributed by atoms with Crippen molar-refractivity contribution < 1.29 is 4.74 Å². The molecular weight excluding hydrogens is 212 g/mol. The molecule has 17 heavy (non-hydrogen) atoms. The van der Waals surface area contributed by atoms with Crippen molar-refractivity contribution in [2.45, 2.75) is 32.7 Å². The van der Waals surface area contributed by atoms with Crippen LogP contribution in [0.5, 0.6) is 5.75 Å². The molecule has 1 aromatic heterocycles. The predicted octanol–water partition coefficient (Wildman–Crippen LogP) is 2.93. The van der Waals surface area contributed by atoms with E-state index in [0.29, 0.717) is 0 Å². The summed E-state index contributed by atoms with van der Waals surface area (Å²) in [7, 11) is 0. The number of nitrogens with zero attached hydrogens (tertiary/aromatic N) is 1. The first-order valence-corrected chi connectivity index (χ1v) is 6.26. The zero-order chi connectivity index (χ0) is 12.3. The fourth-order valence-electron chi connectivity index (χ4n) is 1.45. The van der Waals surface area contributed by atoms with Crippen LogP contribution in [0.1, 0.15) is 31.9 Å². The third-order valence-electron chi connectivity index (χ3n) is 2.34. The van der Waals surface area contributed by atoms with E-state index in [1.807, 2.05) is 18.2 Å². The lowest BCUT2D eigenvalue weighted by atomic mass is 10.3. The highest BCUT2D eigenvalue weighted by atomic mass is 16.5. The van der Waals surface area contributed by atoms with Gasteiger partial charge in [-0.3, -0.25) is 4.98 Å². The number of aromatic nitrogens is 1. The normalized spacial score (nSPS) is 10.2. The molecule has 1 heterocycles. The minimum atomic E-state index is 0.734. The summed E-state index contributed by atoms with van der Waals surface area (Å²) < 4.78 is 5.64. The average Bonchev–Trinajstić information content (AvgIpc) is 2.36. The van der Waals surface area contributed by atoms with Crippen molar-refractivity contribution in [1.82, 2.24) is 10.3 Å². The van der Waals surface area contributed by atoms with E-state index < -0.39 is 0 Å². The lowest BCUT2D eigenvalue weighted by Gasteiger charge is -2.07. The van der Waals surface area contributed by atoms with Gasteiger partial charge in [0.05, 0.1) is 12.3 Å². The minimum Gasteiger partial charge on any atom is -0.493 e. The Morgan fingerprint density at radius 3 is 3.18 bits per heavy atom. The van der Waals surface area contributed by atoms with Crippen LogP contribution in [0, 0.1) is 0 Å². The third-order valence-corrected chi connectivity index (χ3v) is 2.34. The molecule has 0 atom stereocenters. The van der Waals surface area contributed by atoms with E-state index in [1.165, 1.54) is 0 Å². The molecule has 0 saturated carbocycles. The molecule has 0 aromatic carbocycles. The van der Waals surface area contributed by atoms with E-state index in [1.54, 1.807) is 6.20 Å². The van der Waals surface area contributed by atoms with Crippen LogP contribution in [0.15, 0.2) is 31.0 Å². The first-order valence-electron chi connectivity index (χ1n) is 6.26. The number of hydrogen-bond donors (Lipinski definition) is 1. The van der Waals surface area contributed by atoms with Crippen LogP contribution in [0.3, 0.4) is 0 Å². The van der Waals surface area contributed by atoms with E-state index in [-0.39, 0.29) is 0 Å². The van der Waals surface area contributed by atoms with Crippen molar-refractivity contribution in [3.05, 3.63) is 36.7 Å². The monoisotopic (exact) mass is 234 g/mol. The molecular formula is C14H22N2O. The molecule has 3 heteroatoms. The molecule has 0 radical (unpaired) electrons. The smallest absolute Gasteiger partial charge is 0.122 e. The van der Waals surface area contributed by atoms with Gasteiger partial charge in [0.15, 0.2) is 0 Å². The largest absolute Gasteiger partial charge is 0.493 e. The van der Waals surface area contributed by atoms with Gasteiger partial charge < -0.3 is 10.1 Å². The summed E-state index contributed by atoms with van der Waals surface area (Å²) in [5, 5.41) is 3.32. The van der Waals surface area contributed by atoms with Crippen molar-refractivity contribution in [2.24, 2.45) is 0 Å². The first-order chi connectivity index (χ1) is 8.36. The summed E-state index contributed by atoms with van der Waals surface area (Å²) in [6, 6.07) is 3.90. The number of allylic oxidation sites excluding steroid dienone is 1. The van der Waals surface area contributed by atoms with Gasteiger partial charge in [0.2, 0.25) is 0 Å². The molecule has 1 N–H and O–H groups in total. The highest BCUT2D eigenvalue weighted by Gasteiger charge is 1.97. The second-order valence-corrected chi connectivity index (χ2v) is 3.94. The molecule has 94 valence electrons. The minimum absolute atomic E-state index is 0.734. The molecule has 0 aliphatic rings. The zero-order valence-corrected chi connectivity index (χ0v) is 10.6. The summed E-state index contributed by atoms with van der Waals surface area (Å²) in [5.74, 6) is 0.900. The van der Waals surface area contributed by atoms with Crippen molar-refractivity contribution >= 4 is 0 Å². The molecule has 0 unspecified atom stereocenters. The Hall–Kier alpha value is -1.35. The Bertz CT molecular complexity index is 326. The highest BCUT2D eigenvalue weighted by Crippen LogP contribution is 2.11. The molecule has 0 bridgehead atoms. The van der Waals surface area contributed by atoms with E-state index >= 15 is 0 Å². The molecule has 1 aromatic rings. The van der Waals surface area contributed by atoms with Gasteiger partial charge in [-0.05, 0) is 31.9 Å². The number of unbranched alkanes of at least 4 members (excludes halogenated alkanes) is 1. The summed E-state index contributed by atoms with van der Waals surface area (Å²) in [4.78, 5) is 4.30. The number of rotatable bonds is 9. The second kappa shape index (κ2) is 8.76. The van der Waals surface area contributed by atoms with E-state index in [9.17, 15) is 0 Å². The van der Waals surface area contributed by atoms with Crippen LogP contribution in [0.25, 0.3) is 0 Å². The number of hydrogen-bond acceptors (Lipinski definition) is 3. The maximum atomic E-state index is 5.64. The number of ether oxygens (including phenoxy) is 1. The standard InChI is InChI=1S/C14H22N2O/c1-3-5-6-10-17-14-7-9-16-13(11-14)12-15-8-4-2/h3,7,9,11,15H,1,4-6,8,10,12H2,2H3. The lowest BCUT2D eigenvalue weighted by molar-refractivity contribution is 0.311. The van der Waals surface area contributed by atoms with Crippen LogP contribution in [-0.2, 0) is 6.54 Å². The Morgan fingerprint density at radius 2 is 2.41 bits per heavy atom. The van der Waals surface area contributed by atoms with Gasteiger partial charge in [-0.25, -0.2) is 0 Å². The summed E-state index contributed by atoms with van der Waals surface area (Å²) in [5.41, 5.74) is 1.03. The fourth-order valence-corrected chi connectivity index (χ4v) is 1.45. The van der Waals surface area contributed by atoms with Crippen molar-refractivity contribution in [2.75, 3.05) is 13.2 Å². The molecule has 0 fully saturated rings. The molecule has 1 rings (SSSR count). The molecule has 0 amide bonds. The van der Waals surface area contributed by atoms with Crippen LogP contribution < -0.4 is 10.1 Å². The van der Waals surface area contributed by atoms with Gasteiger partial charge in [-0.2, -0.15) is 0 Å². The molecule has 0 saturated heterocycles. The SMILES string of the molecule is C=CCCCOc1ccnc(CNCCC)c1. The van der Waals surface area contributed by atoms with Crippen molar-refractivity contribution in [1.29, 1.82) is 0 Å². The van der Waals surface area contributed by atoms with Crippen molar-refractivity contribution in [3.8, 4) is 5.75 Å². The van der Waals surface area contributed by atoms with Gasteiger partial charge in [-0.1, -0.05) is 13.0 Å². The van der Waals surface area contributed by atoms with E-state index in [4.69, 9.17) is 4.74 Å². The van der Waals surface area contributed by atoms with Gasteiger partial charge in [-0.15, -0.1) is 6.58 Å². The Morgan fingerprint density at radius 1 is 1.53 bits per heavy atom. The highest BCUT2D eigenvalue weighted by molar-refractivity contribution is 5.22. The summed E-state index contributed by atoms with van der Waals surface area (Å²) >= 11 is 0. The number of nitrogens with one attached hydrogen (secondary N) is 1. The molecule has 0 aliphatic heterocycles.